The molecule has 0 aromatic carbocycles. The molecular weight excluding hydrogens is 329 g/mol. The van der Waals surface area contributed by atoms with Crippen molar-refractivity contribution >= 4 is 41.3 Å². The predicted molar refractivity (Wildman–Crippen MR) is 89.4 cm³/mol. The molecule has 1 unspecified atom stereocenters. The molecule has 1 atom stereocenters. The number of amides is 1. The lowest BCUT2D eigenvalue weighted by Gasteiger charge is -2.11. The Bertz CT molecular complexity index is 621. The highest BCUT2D eigenvalue weighted by Gasteiger charge is 2.28. The summed E-state index contributed by atoms with van der Waals surface area (Å²) in [5.41, 5.74) is 7.50. The minimum absolute atomic E-state index is 0. The Kier molecular flexibility index (Phi) is 5.32. The van der Waals surface area contributed by atoms with Gasteiger partial charge in [0.2, 0.25) is 0 Å². The van der Waals surface area contributed by atoms with Gasteiger partial charge < -0.3 is 16.0 Å². The first kappa shape index (κ1) is 16.4. The van der Waals surface area contributed by atoms with E-state index in [9.17, 15) is 4.79 Å². The lowest BCUT2D eigenvalue weighted by Crippen LogP contribution is -2.38. The second kappa shape index (κ2) is 6.83. The Balaban J connectivity index is 0.00000161. The summed E-state index contributed by atoms with van der Waals surface area (Å²) in [6.45, 7) is 0.527. The quantitative estimate of drug-likeness (QED) is 0.777. The van der Waals surface area contributed by atoms with Gasteiger partial charge in [-0.15, -0.1) is 23.7 Å². The van der Waals surface area contributed by atoms with Crippen molar-refractivity contribution in [1.29, 1.82) is 0 Å². The number of H-pyrrole nitrogens is 1. The molecule has 0 radical (unpaired) electrons. The van der Waals surface area contributed by atoms with Crippen LogP contribution in [0.2, 0.25) is 4.34 Å². The minimum Gasteiger partial charge on any atom is -0.366 e. The van der Waals surface area contributed by atoms with Gasteiger partial charge in [-0.2, -0.15) is 0 Å². The van der Waals surface area contributed by atoms with E-state index < -0.39 is 0 Å². The molecule has 0 spiro atoms. The third kappa shape index (κ3) is 3.80. The van der Waals surface area contributed by atoms with Crippen molar-refractivity contribution in [3.63, 3.8) is 0 Å². The Morgan fingerprint density at radius 1 is 1.48 bits per heavy atom. The van der Waals surface area contributed by atoms with Crippen LogP contribution in [0.4, 0.5) is 0 Å². The van der Waals surface area contributed by atoms with Crippen molar-refractivity contribution in [2.75, 3.05) is 6.54 Å². The van der Waals surface area contributed by atoms with Crippen molar-refractivity contribution in [3.05, 3.63) is 34.4 Å². The second-order valence-corrected chi connectivity index (χ2v) is 6.81. The predicted octanol–water partition coefficient (Wildman–Crippen LogP) is 3.29. The average molecular weight is 346 g/mol. The van der Waals surface area contributed by atoms with Gasteiger partial charge in [-0.1, -0.05) is 11.6 Å². The van der Waals surface area contributed by atoms with E-state index in [1.54, 1.807) is 6.20 Å². The maximum absolute atomic E-state index is 12.2. The molecule has 1 aliphatic carbocycles. The van der Waals surface area contributed by atoms with E-state index >= 15 is 0 Å². The van der Waals surface area contributed by atoms with E-state index in [0.717, 1.165) is 10.4 Å². The topological polar surface area (TPSA) is 70.9 Å². The zero-order valence-electron chi connectivity index (χ0n) is 11.3. The molecule has 0 bridgehead atoms. The summed E-state index contributed by atoms with van der Waals surface area (Å²) in [7, 11) is 0. The van der Waals surface area contributed by atoms with Gasteiger partial charge in [0.15, 0.2) is 0 Å². The van der Waals surface area contributed by atoms with Crippen LogP contribution in [0.25, 0.3) is 10.4 Å². The fourth-order valence-corrected chi connectivity index (χ4v) is 3.28. The summed E-state index contributed by atoms with van der Waals surface area (Å²) in [5.74, 6) is 0.485. The number of nitrogens with two attached hydrogens (primary N) is 1. The minimum atomic E-state index is -0.0955. The summed E-state index contributed by atoms with van der Waals surface area (Å²) in [6.07, 6.45) is 5.89. The van der Waals surface area contributed by atoms with Crippen LogP contribution in [0.3, 0.4) is 0 Å². The smallest absolute Gasteiger partial charge is 0.253 e. The second-order valence-electron chi connectivity index (χ2n) is 5.10. The number of aromatic amines is 1. The van der Waals surface area contributed by atoms with Crippen molar-refractivity contribution in [3.8, 4) is 10.4 Å². The Labute approximate surface area is 138 Å². The molecule has 0 saturated heterocycles. The normalized spacial score (nSPS) is 15.3. The molecule has 3 rings (SSSR count). The number of nitrogens with one attached hydrogen (secondary N) is 2. The summed E-state index contributed by atoms with van der Waals surface area (Å²) in [6, 6.07) is 3.82. The molecule has 1 saturated carbocycles. The van der Waals surface area contributed by atoms with Gasteiger partial charge in [-0.25, -0.2) is 0 Å². The molecule has 1 amide bonds. The molecule has 7 heteroatoms. The lowest BCUT2D eigenvalue weighted by atomic mass is 10.1. The molecule has 21 heavy (non-hydrogen) atoms. The summed E-state index contributed by atoms with van der Waals surface area (Å²) < 4.78 is 0.711. The first-order valence-corrected chi connectivity index (χ1v) is 7.81. The number of carbonyl (C=O) groups is 1. The van der Waals surface area contributed by atoms with Crippen LogP contribution >= 0.6 is 35.3 Å². The molecular formula is C14H17Cl2N3OS. The molecule has 4 N–H and O–H groups in total. The fourth-order valence-electron chi connectivity index (χ4n) is 2.21. The maximum atomic E-state index is 12.2. The van der Waals surface area contributed by atoms with E-state index in [0.29, 0.717) is 22.4 Å². The van der Waals surface area contributed by atoms with E-state index in [1.807, 2.05) is 18.3 Å². The van der Waals surface area contributed by atoms with Gasteiger partial charge in [0.1, 0.15) is 0 Å². The molecule has 2 aromatic heterocycles. The molecule has 0 aliphatic heterocycles. The fraction of sp³-hybridized carbons (Fsp3) is 0.357. The highest BCUT2D eigenvalue weighted by Crippen LogP contribution is 2.33. The number of carbonyl (C=O) groups excluding carboxylic acids is 1. The molecule has 2 aromatic rings. The summed E-state index contributed by atoms with van der Waals surface area (Å²) >= 11 is 7.40. The van der Waals surface area contributed by atoms with Crippen molar-refractivity contribution in [1.82, 2.24) is 10.3 Å². The highest BCUT2D eigenvalue weighted by atomic mass is 35.5. The van der Waals surface area contributed by atoms with Gasteiger partial charge in [0.05, 0.1) is 9.90 Å². The Morgan fingerprint density at radius 3 is 2.86 bits per heavy atom. The van der Waals surface area contributed by atoms with E-state index in [2.05, 4.69) is 10.3 Å². The summed E-state index contributed by atoms with van der Waals surface area (Å²) in [5, 5.41) is 2.91. The van der Waals surface area contributed by atoms with E-state index in [4.69, 9.17) is 17.3 Å². The third-order valence-corrected chi connectivity index (χ3v) is 4.82. The maximum Gasteiger partial charge on any atom is 0.253 e. The van der Waals surface area contributed by atoms with Crippen LogP contribution in [0, 0.1) is 5.92 Å². The standard InChI is InChI=1S/C14H16ClN3OS.ClH/c15-13-4-3-12(20-13)9-5-17-6-10(9)14(19)18-7-11(16)8-1-2-8;/h3-6,8,11,17H,1-2,7,16H2,(H,18,19);1H. The molecule has 1 aliphatic rings. The van der Waals surface area contributed by atoms with Gasteiger partial charge in [0.25, 0.3) is 5.91 Å². The largest absolute Gasteiger partial charge is 0.366 e. The van der Waals surface area contributed by atoms with E-state index in [1.165, 1.54) is 24.2 Å². The zero-order chi connectivity index (χ0) is 14.1. The van der Waals surface area contributed by atoms with Gasteiger partial charge in [-0.05, 0) is 30.9 Å². The zero-order valence-corrected chi connectivity index (χ0v) is 13.7. The Hall–Kier alpha value is -1.01. The van der Waals surface area contributed by atoms with Crippen LogP contribution in [0.15, 0.2) is 24.5 Å². The van der Waals surface area contributed by atoms with Gasteiger partial charge >= 0.3 is 0 Å². The van der Waals surface area contributed by atoms with Crippen LogP contribution in [-0.4, -0.2) is 23.5 Å². The number of aromatic nitrogens is 1. The monoisotopic (exact) mass is 345 g/mol. The van der Waals surface area contributed by atoms with Crippen LogP contribution in [-0.2, 0) is 0 Å². The van der Waals surface area contributed by atoms with Crippen molar-refractivity contribution in [2.24, 2.45) is 11.7 Å². The van der Waals surface area contributed by atoms with Crippen LogP contribution in [0.1, 0.15) is 23.2 Å². The van der Waals surface area contributed by atoms with Gasteiger partial charge in [0, 0.05) is 35.4 Å². The highest BCUT2D eigenvalue weighted by molar-refractivity contribution is 7.19. The van der Waals surface area contributed by atoms with Crippen LogP contribution < -0.4 is 11.1 Å². The Morgan fingerprint density at radius 2 is 2.24 bits per heavy atom. The number of thiophene rings is 1. The van der Waals surface area contributed by atoms with Crippen LogP contribution in [0.5, 0.6) is 0 Å². The van der Waals surface area contributed by atoms with Gasteiger partial charge in [-0.3, -0.25) is 4.79 Å². The summed E-state index contributed by atoms with van der Waals surface area (Å²) in [4.78, 5) is 16.2. The van der Waals surface area contributed by atoms with E-state index in [-0.39, 0.29) is 24.4 Å². The average Bonchev–Trinajstić information content (AvgIpc) is 3.01. The van der Waals surface area contributed by atoms with Crippen molar-refractivity contribution < 1.29 is 4.79 Å². The number of halogens is 2. The SMILES string of the molecule is Cl.NC(CNC(=O)c1c[nH]cc1-c1ccc(Cl)s1)C1CC1. The third-order valence-electron chi connectivity index (χ3n) is 3.55. The first-order chi connectivity index (χ1) is 9.65. The molecule has 2 heterocycles. The number of hydrogen-bond donors (Lipinski definition) is 3. The van der Waals surface area contributed by atoms with Crippen molar-refractivity contribution in [2.45, 2.75) is 18.9 Å². The lowest BCUT2D eigenvalue weighted by molar-refractivity contribution is 0.0951. The molecule has 114 valence electrons. The molecule has 1 fully saturated rings. The number of rotatable bonds is 5. The number of hydrogen-bond acceptors (Lipinski definition) is 3. The molecule has 4 nitrogen and oxygen atoms in total. The first-order valence-electron chi connectivity index (χ1n) is 6.61.